The van der Waals surface area contributed by atoms with Crippen LogP contribution in [-0.2, 0) is 0 Å². The van der Waals surface area contributed by atoms with Gasteiger partial charge in [-0.05, 0) is 68.5 Å². The summed E-state index contributed by atoms with van der Waals surface area (Å²) in [7, 11) is 0. The number of hydrogen-bond acceptors (Lipinski definition) is 1. The fourth-order valence-electron chi connectivity index (χ4n) is 3.96. The van der Waals surface area contributed by atoms with Crippen molar-refractivity contribution < 1.29 is 0 Å². The average molecular weight is 243 g/mol. The molecule has 3 atom stereocenters. The molecule has 0 saturated heterocycles. The van der Waals surface area contributed by atoms with E-state index in [-0.39, 0.29) is 0 Å². The molecular formula is C17H25N. The Bertz CT molecular complexity index is 427. The van der Waals surface area contributed by atoms with Crippen molar-refractivity contribution in [3.05, 3.63) is 34.9 Å². The fourth-order valence-corrected chi connectivity index (χ4v) is 3.96. The molecule has 1 heteroatoms. The Balaban J connectivity index is 1.83. The lowest BCUT2D eigenvalue weighted by atomic mass is 9.86. The molecule has 1 N–H and O–H groups in total. The van der Waals surface area contributed by atoms with E-state index in [1.54, 1.807) is 0 Å². The summed E-state index contributed by atoms with van der Waals surface area (Å²) < 4.78 is 0. The van der Waals surface area contributed by atoms with Crippen LogP contribution in [-0.4, -0.2) is 6.54 Å². The van der Waals surface area contributed by atoms with Crippen molar-refractivity contribution in [2.45, 2.75) is 46.1 Å². The Labute approximate surface area is 111 Å². The van der Waals surface area contributed by atoms with Crippen molar-refractivity contribution in [1.82, 2.24) is 5.32 Å². The molecule has 1 aromatic carbocycles. The van der Waals surface area contributed by atoms with Crippen molar-refractivity contribution in [3.8, 4) is 0 Å². The van der Waals surface area contributed by atoms with Gasteiger partial charge in [0.25, 0.3) is 0 Å². The topological polar surface area (TPSA) is 12.0 Å². The minimum absolute atomic E-state index is 0.586. The van der Waals surface area contributed by atoms with Gasteiger partial charge in [-0.1, -0.05) is 30.7 Å². The van der Waals surface area contributed by atoms with Crippen LogP contribution in [0.4, 0.5) is 0 Å². The van der Waals surface area contributed by atoms with Crippen LogP contribution >= 0.6 is 0 Å². The third kappa shape index (κ3) is 2.21. The van der Waals surface area contributed by atoms with Gasteiger partial charge in [0.1, 0.15) is 0 Å². The van der Waals surface area contributed by atoms with Gasteiger partial charge in [0.2, 0.25) is 0 Å². The van der Waals surface area contributed by atoms with Gasteiger partial charge >= 0.3 is 0 Å². The molecule has 0 amide bonds. The predicted octanol–water partition coefficient (Wildman–Crippen LogP) is 4.00. The van der Waals surface area contributed by atoms with E-state index in [0.29, 0.717) is 6.04 Å². The van der Waals surface area contributed by atoms with Gasteiger partial charge in [-0.25, -0.2) is 0 Å². The van der Waals surface area contributed by atoms with E-state index in [1.165, 1.54) is 36.0 Å². The van der Waals surface area contributed by atoms with Crippen molar-refractivity contribution in [3.63, 3.8) is 0 Å². The molecular weight excluding hydrogens is 218 g/mol. The highest BCUT2D eigenvalue weighted by molar-refractivity contribution is 5.33. The predicted molar refractivity (Wildman–Crippen MR) is 76.7 cm³/mol. The van der Waals surface area contributed by atoms with Gasteiger partial charge in [-0.2, -0.15) is 0 Å². The number of nitrogens with one attached hydrogen (secondary N) is 1. The molecule has 3 rings (SSSR count). The van der Waals surface area contributed by atoms with Crippen LogP contribution in [0.2, 0.25) is 0 Å². The highest BCUT2D eigenvalue weighted by Crippen LogP contribution is 2.57. The maximum Gasteiger partial charge on any atom is 0.0351 e. The summed E-state index contributed by atoms with van der Waals surface area (Å²) in [5.41, 5.74) is 4.37. The lowest BCUT2D eigenvalue weighted by Gasteiger charge is -2.27. The Morgan fingerprint density at radius 1 is 1.17 bits per heavy atom. The van der Waals surface area contributed by atoms with Crippen LogP contribution in [0.5, 0.6) is 0 Å². The van der Waals surface area contributed by atoms with E-state index < -0.39 is 0 Å². The summed E-state index contributed by atoms with van der Waals surface area (Å²) in [4.78, 5) is 0. The smallest absolute Gasteiger partial charge is 0.0351 e. The zero-order chi connectivity index (χ0) is 12.7. The van der Waals surface area contributed by atoms with Gasteiger partial charge in [0.15, 0.2) is 0 Å². The second-order valence-electron chi connectivity index (χ2n) is 6.38. The summed E-state index contributed by atoms with van der Waals surface area (Å²) >= 11 is 0. The summed E-state index contributed by atoms with van der Waals surface area (Å²) in [6.45, 7) is 7.75. The van der Waals surface area contributed by atoms with Crippen LogP contribution in [0.3, 0.4) is 0 Å². The first-order valence-electron chi connectivity index (χ1n) is 7.49. The van der Waals surface area contributed by atoms with Crippen LogP contribution in [0, 0.1) is 31.6 Å². The van der Waals surface area contributed by atoms with Crippen molar-refractivity contribution in [1.29, 1.82) is 0 Å². The molecule has 1 nitrogen and oxygen atoms in total. The minimum Gasteiger partial charge on any atom is -0.310 e. The highest BCUT2D eigenvalue weighted by atomic mass is 14.9. The molecule has 2 aliphatic carbocycles. The number of fused-ring (bicyclic) bond motifs is 1. The summed E-state index contributed by atoms with van der Waals surface area (Å²) in [6, 6.07) is 7.53. The Morgan fingerprint density at radius 3 is 2.50 bits per heavy atom. The SMILES string of the molecule is CCNC(c1ccc(C)cc1C)C1CC2CC2C1. The molecule has 0 bridgehead atoms. The number of hydrogen-bond donors (Lipinski definition) is 1. The van der Waals surface area contributed by atoms with Crippen LogP contribution in [0.25, 0.3) is 0 Å². The summed E-state index contributed by atoms with van der Waals surface area (Å²) in [5, 5.41) is 3.74. The lowest BCUT2D eigenvalue weighted by Crippen LogP contribution is -2.28. The van der Waals surface area contributed by atoms with Gasteiger partial charge in [0.05, 0.1) is 0 Å². The summed E-state index contributed by atoms with van der Waals surface area (Å²) in [6.07, 6.45) is 4.42. The van der Waals surface area contributed by atoms with Crippen molar-refractivity contribution >= 4 is 0 Å². The van der Waals surface area contributed by atoms with Crippen LogP contribution in [0.1, 0.15) is 48.9 Å². The molecule has 2 fully saturated rings. The number of benzene rings is 1. The first kappa shape index (κ1) is 12.2. The average Bonchev–Trinajstić information content (AvgIpc) is 2.94. The molecule has 1 aromatic rings. The maximum atomic E-state index is 3.74. The standard InChI is InChI=1S/C17H25N/c1-4-18-17(15-9-13-8-14(13)10-15)16-6-5-11(2)7-12(16)3/h5-7,13-15,17-18H,4,8-10H2,1-3H3. The van der Waals surface area contributed by atoms with Gasteiger partial charge < -0.3 is 5.32 Å². The van der Waals surface area contributed by atoms with Crippen LogP contribution < -0.4 is 5.32 Å². The second-order valence-corrected chi connectivity index (χ2v) is 6.38. The van der Waals surface area contributed by atoms with E-state index in [2.05, 4.69) is 44.3 Å². The van der Waals surface area contributed by atoms with E-state index in [9.17, 15) is 0 Å². The first-order valence-corrected chi connectivity index (χ1v) is 7.49. The third-order valence-corrected chi connectivity index (χ3v) is 4.94. The molecule has 0 heterocycles. The molecule has 98 valence electrons. The first-order chi connectivity index (χ1) is 8.69. The molecule has 2 saturated carbocycles. The molecule has 3 unspecified atom stereocenters. The van der Waals surface area contributed by atoms with Gasteiger partial charge in [-0.15, -0.1) is 0 Å². The molecule has 18 heavy (non-hydrogen) atoms. The number of aryl methyl sites for hydroxylation is 2. The maximum absolute atomic E-state index is 3.74. The Morgan fingerprint density at radius 2 is 1.89 bits per heavy atom. The third-order valence-electron chi connectivity index (χ3n) is 4.94. The van der Waals surface area contributed by atoms with Crippen LogP contribution in [0.15, 0.2) is 18.2 Å². The fraction of sp³-hybridized carbons (Fsp3) is 0.647. The normalized spacial score (nSPS) is 31.2. The zero-order valence-electron chi connectivity index (χ0n) is 11.9. The molecule has 0 aliphatic heterocycles. The molecule has 0 spiro atoms. The van der Waals surface area contributed by atoms with E-state index in [0.717, 1.165) is 24.3 Å². The highest BCUT2D eigenvalue weighted by Gasteiger charge is 2.48. The zero-order valence-corrected chi connectivity index (χ0v) is 11.9. The minimum atomic E-state index is 0.586. The van der Waals surface area contributed by atoms with E-state index in [4.69, 9.17) is 0 Å². The lowest BCUT2D eigenvalue weighted by molar-refractivity contribution is 0.345. The van der Waals surface area contributed by atoms with Crippen molar-refractivity contribution in [2.24, 2.45) is 17.8 Å². The Kier molecular flexibility index (Phi) is 3.19. The Hall–Kier alpha value is -0.820. The monoisotopic (exact) mass is 243 g/mol. The van der Waals surface area contributed by atoms with Gasteiger partial charge in [0, 0.05) is 6.04 Å². The molecule has 0 aromatic heterocycles. The van der Waals surface area contributed by atoms with Gasteiger partial charge in [-0.3, -0.25) is 0 Å². The second kappa shape index (κ2) is 4.70. The van der Waals surface area contributed by atoms with E-state index in [1.807, 2.05) is 0 Å². The summed E-state index contributed by atoms with van der Waals surface area (Å²) in [5.74, 6) is 3.01. The molecule has 2 aliphatic rings. The quantitative estimate of drug-likeness (QED) is 0.843. The molecule has 0 radical (unpaired) electrons. The van der Waals surface area contributed by atoms with Crippen molar-refractivity contribution in [2.75, 3.05) is 6.54 Å². The largest absolute Gasteiger partial charge is 0.310 e. The number of rotatable bonds is 4. The van der Waals surface area contributed by atoms with E-state index >= 15 is 0 Å².